The number of amides is 2. The van der Waals surface area contributed by atoms with E-state index < -0.39 is 17.8 Å². The Hall–Kier alpha value is -11.5. The van der Waals surface area contributed by atoms with Crippen LogP contribution in [0.4, 0.5) is 0 Å². The lowest BCUT2D eigenvalue weighted by atomic mass is 10.1. The average Bonchev–Trinajstić information content (AvgIpc) is 1.61. The molecule has 0 saturated carbocycles. The van der Waals surface area contributed by atoms with E-state index >= 15 is 0 Å². The first-order valence-electron chi connectivity index (χ1n) is 29.8. The van der Waals surface area contributed by atoms with E-state index in [9.17, 15) is 24.9 Å². The molecule has 0 radical (unpaired) electrons. The number of nitrogens with two attached hydrogens (primary N) is 1. The number of H-pyrrole nitrogens is 3. The third-order valence-electron chi connectivity index (χ3n) is 15.3. The monoisotopic (exact) mass is 1500 g/mol. The molecule has 0 spiro atoms. The number of carbonyl (C=O) groups excluding carboxylic acids is 2. The summed E-state index contributed by atoms with van der Waals surface area (Å²) in [5, 5.41) is 85.0. The van der Waals surface area contributed by atoms with Crippen molar-refractivity contribution in [3.05, 3.63) is 262 Å². The van der Waals surface area contributed by atoms with Crippen LogP contribution >= 0.6 is 82.0 Å². The Morgan fingerprint density at radius 3 is 1.08 bits per heavy atom. The Morgan fingerprint density at radius 2 is 0.755 bits per heavy atom. The van der Waals surface area contributed by atoms with Gasteiger partial charge in [0, 0.05) is 91.1 Å². The van der Waals surface area contributed by atoms with E-state index in [4.69, 9.17) is 85.7 Å². The molecular formula is C70H52Cl7N21O4. The number of hydrogen-bond acceptors (Lipinski definition) is 16. The number of carboxylic acids is 1. The van der Waals surface area contributed by atoms with Gasteiger partial charge in [-0.1, -0.05) is 95.2 Å². The second-order valence-electron chi connectivity index (χ2n) is 22.1. The number of hydrogen-bond donors (Lipinski definition) is 7. The first kappa shape index (κ1) is 73.2. The Balaban J connectivity index is 0.000000153. The van der Waals surface area contributed by atoms with Crippen molar-refractivity contribution in [3.63, 3.8) is 0 Å². The molecule has 8 N–H and O–H groups in total. The third-order valence-corrected chi connectivity index (χ3v) is 16.7. The molecule has 2 amide bonds. The van der Waals surface area contributed by atoms with Crippen molar-refractivity contribution in [2.75, 3.05) is 0 Å². The number of aromatic nitrogens is 15. The minimum absolute atomic E-state index is 0. The van der Waals surface area contributed by atoms with E-state index in [0.29, 0.717) is 56.3 Å². The van der Waals surface area contributed by atoms with E-state index in [1.165, 1.54) is 10.9 Å². The zero-order valence-corrected chi connectivity index (χ0v) is 57.3. The van der Waals surface area contributed by atoms with Gasteiger partial charge >= 0.3 is 5.97 Å². The van der Waals surface area contributed by atoms with Gasteiger partial charge in [-0.3, -0.25) is 53.9 Å². The van der Waals surface area contributed by atoms with E-state index in [1.807, 2.05) is 97.1 Å². The van der Waals surface area contributed by atoms with Gasteiger partial charge in [-0.2, -0.15) is 46.4 Å². The van der Waals surface area contributed by atoms with E-state index in [2.05, 4.69) is 71.5 Å². The first-order valence-corrected chi connectivity index (χ1v) is 32.1. The molecule has 0 saturated heterocycles. The highest BCUT2D eigenvalue weighted by Gasteiger charge is 2.21. The zero-order valence-electron chi connectivity index (χ0n) is 52.0. The fraction of sp³-hybridized carbons (Fsp3) is 0.100. The van der Waals surface area contributed by atoms with Crippen LogP contribution in [0, 0.1) is 34.0 Å². The predicted octanol–water partition coefficient (Wildman–Crippen LogP) is 14.4. The lowest BCUT2D eigenvalue weighted by molar-refractivity contribution is 0.0695. The SMILES string of the molecule is C.Cl.N#Cc1nn(Cc2ccc3ncc(Cl)cc3c2)cc1C(=O)NCc1[nH]nc2ccc(Cl)cc12.N#Cc1nn(Cc2ccc3ncc(Cl)cc3c2)cc1C(=O)NCc1[nH]nc2ccc(Cl)cc12.N#Cc1nn(Cc2ccc3ncc(Cl)cc3c2)cc1C(=O)O.NCc1[nH]nc2ccc(Cl)cc12. The van der Waals surface area contributed by atoms with Gasteiger partial charge in [0.15, 0.2) is 17.1 Å². The van der Waals surface area contributed by atoms with E-state index in [-0.39, 0.29) is 66.7 Å². The molecule has 6 aromatic carbocycles. The number of nitrogens with one attached hydrogen (secondary N) is 5. The largest absolute Gasteiger partial charge is 0.478 e. The lowest BCUT2D eigenvalue weighted by Gasteiger charge is -2.04. The van der Waals surface area contributed by atoms with E-state index in [0.717, 1.165) is 99.2 Å². The molecular weight excluding hydrogens is 1450 g/mol. The second-order valence-corrected chi connectivity index (χ2v) is 24.7. The highest BCUT2D eigenvalue weighted by molar-refractivity contribution is 6.33. The summed E-state index contributed by atoms with van der Waals surface area (Å²) < 4.78 is 4.57. The summed E-state index contributed by atoms with van der Waals surface area (Å²) in [5.41, 5.74) is 15.8. The average molecular weight is 1500 g/mol. The van der Waals surface area contributed by atoms with E-state index in [1.54, 1.807) is 88.9 Å². The van der Waals surface area contributed by atoms with Crippen molar-refractivity contribution in [1.29, 1.82) is 15.8 Å². The van der Waals surface area contributed by atoms with Crippen LogP contribution in [0.15, 0.2) is 165 Å². The number of rotatable bonds is 14. The Labute approximate surface area is 614 Å². The fourth-order valence-corrected chi connectivity index (χ4v) is 11.6. The molecule has 9 heterocycles. The molecule has 0 unspecified atom stereocenters. The normalized spacial score (nSPS) is 10.7. The van der Waals surface area contributed by atoms with Gasteiger partial charge < -0.3 is 21.5 Å². The van der Waals surface area contributed by atoms with Gasteiger partial charge in [0.1, 0.15) is 23.8 Å². The Bertz CT molecular complexity index is 5570. The van der Waals surface area contributed by atoms with Gasteiger partial charge in [0.2, 0.25) is 0 Å². The number of benzene rings is 6. The van der Waals surface area contributed by atoms with Gasteiger partial charge in [-0.25, -0.2) is 4.79 Å². The molecule has 0 aliphatic heterocycles. The molecule has 0 aliphatic rings. The quantitative estimate of drug-likeness (QED) is 0.0532. The summed E-state index contributed by atoms with van der Waals surface area (Å²) >= 11 is 36.0. The molecule has 25 nitrogen and oxygen atoms in total. The molecule has 0 bridgehead atoms. The van der Waals surface area contributed by atoms with Crippen LogP contribution in [0.1, 0.15) is 89.4 Å². The summed E-state index contributed by atoms with van der Waals surface area (Å²) in [6.07, 6.45) is 9.26. The van der Waals surface area contributed by atoms with Gasteiger partial charge in [0.05, 0.1) is 109 Å². The number of aromatic amines is 3. The molecule has 15 aromatic rings. The molecule has 15 rings (SSSR count). The Morgan fingerprint density at radius 1 is 0.441 bits per heavy atom. The zero-order chi connectivity index (χ0) is 70.1. The van der Waals surface area contributed by atoms with Crippen molar-refractivity contribution < 1.29 is 19.5 Å². The molecule has 0 aliphatic carbocycles. The lowest BCUT2D eigenvalue weighted by Crippen LogP contribution is -2.23. The summed E-state index contributed by atoms with van der Waals surface area (Å²) in [6, 6.07) is 44.6. The minimum Gasteiger partial charge on any atom is -0.478 e. The number of nitriles is 3. The number of aromatic carboxylic acids is 1. The highest BCUT2D eigenvalue weighted by Crippen LogP contribution is 2.27. The molecule has 510 valence electrons. The van der Waals surface area contributed by atoms with Crippen molar-refractivity contribution in [2.45, 2.75) is 46.7 Å². The number of carbonyl (C=O) groups is 3. The van der Waals surface area contributed by atoms with Crippen LogP contribution in [0.5, 0.6) is 0 Å². The van der Waals surface area contributed by atoms with Crippen molar-refractivity contribution in [2.24, 2.45) is 5.73 Å². The summed E-state index contributed by atoms with van der Waals surface area (Å²) in [6.45, 7) is 1.97. The van der Waals surface area contributed by atoms with Crippen LogP contribution in [0.25, 0.3) is 65.4 Å². The summed E-state index contributed by atoms with van der Waals surface area (Å²) in [7, 11) is 0. The predicted molar refractivity (Wildman–Crippen MR) is 393 cm³/mol. The number of pyridine rings is 3. The van der Waals surface area contributed by atoms with Crippen molar-refractivity contribution in [1.82, 2.24) is 85.5 Å². The van der Waals surface area contributed by atoms with Crippen LogP contribution in [0.2, 0.25) is 30.1 Å². The second kappa shape index (κ2) is 32.6. The summed E-state index contributed by atoms with van der Waals surface area (Å²) in [5.74, 6) is -1.98. The van der Waals surface area contributed by atoms with Crippen LogP contribution in [0.3, 0.4) is 0 Å². The maximum atomic E-state index is 12.8. The van der Waals surface area contributed by atoms with Crippen LogP contribution in [-0.4, -0.2) is 97.8 Å². The molecule has 9 aromatic heterocycles. The third kappa shape index (κ3) is 17.2. The van der Waals surface area contributed by atoms with Crippen molar-refractivity contribution >= 4 is 165 Å². The maximum Gasteiger partial charge on any atom is 0.340 e. The Kier molecular flexibility index (Phi) is 23.4. The number of fused-ring (bicyclic) bond motifs is 6. The van der Waals surface area contributed by atoms with Crippen molar-refractivity contribution in [3.8, 4) is 18.2 Å². The minimum atomic E-state index is -1.17. The molecule has 102 heavy (non-hydrogen) atoms. The van der Waals surface area contributed by atoms with Gasteiger partial charge in [0.25, 0.3) is 11.8 Å². The number of carboxylic acid groups (broad SMARTS) is 1. The number of nitrogens with zero attached hydrogens (tertiary/aromatic N) is 15. The smallest absolute Gasteiger partial charge is 0.340 e. The van der Waals surface area contributed by atoms with Gasteiger partial charge in [-0.15, -0.1) is 12.4 Å². The maximum absolute atomic E-state index is 12.8. The topological polar surface area (TPSA) is 371 Å². The van der Waals surface area contributed by atoms with Crippen LogP contribution in [-0.2, 0) is 39.3 Å². The highest BCUT2D eigenvalue weighted by atomic mass is 35.5. The summed E-state index contributed by atoms with van der Waals surface area (Å²) in [4.78, 5) is 49.4. The van der Waals surface area contributed by atoms with Crippen LogP contribution < -0.4 is 16.4 Å². The number of halogens is 7. The molecule has 32 heteroatoms. The molecule has 0 fully saturated rings. The molecule has 0 atom stereocenters. The van der Waals surface area contributed by atoms with Gasteiger partial charge in [-0.05, 0) is 126 Å². The standard InChI is InChI=1S/2C23H15Cl2N7O.C15H9ClN4O2.C8H8ClN3.CH4.ClH/c2*24-15-2-4-20-17(7-15)22(30-29-20)10-28-23(33)18-12-32(31-21(18)8-26)11-13-1-3-19-14(5-13)6-16(25)9-27-19;16-11-4-10-3-9(1-2-13(10)18-6-11)7-20-8-12(15(21)22)14(5-17)19-20;9-5-1-2-7-6(3-5)8(4-10)12-11-7;;/h2*1-7,9,12H,10-11H2,(H,28,33)(H,29,30);1-4,6,8H,7H2,(H,21,22);1-3H,4,10H2,(H,11,12);1H4;1H. The fourth-order valence-electron chi connectivity index (χ4n) is 10.6. The first-order chi connectivity index (χ1) is 48.4.